The maximum absolute atomic E-state index is 12.4. The molecule has 0 radical (unpaired) electrons. The van der Waals surface area contributed by atoms with Gasteiger partial charge in [-0.3, -0.25) is 0 Å². The summed E-state index contributed by atoms with van der Waals surface area (Å²) in [6.45, 7) is 2.64. The van der Waals surface area contributed by atoms with Crippen LogP contribution in [-0.2, 0) is 11.3 Å². The fourth-order valence-corrected chi connectivity index (χ4v) is 2.29. The van der Waals surface area contributed by atoms with Crippen LogP contribution in [0.25, 0.3) is 0 Å². The summed E-state index contributed by atoms with van der Waals surface area (Å²) in [4.78, 5) is 13.9. The second-order valence-electron chi connectivity index (χ2n) is 5.61. The maximum atomic E-state index is 12.4. The second-order valence-corrected chi connectivity index (χ2v) is 5.61. The van der Waals surface area contributed by atoms with Crippen molar-refractivity contribution >= 4 is 11.9 Å². The predicted molar refractivity (Wildman–Crippen MR) is 85.2 cm³/mol. The van der Waals surface area contributed by atoms with E-state index in [1.165, 1.54) is 0 Å². The number of rotatable bonds is 6. The summed E-state index contributed by atoms with van der Waals surface area (Å²) in [6, 6.07) is 3.20. The summed E-state index contributed by atoms with van der Waals surface area (Å²) in [6.07, 6.45) is -4.48. The number of hydrogen-bond donors (Lipinski definition) is 1. The molecule has 1 N–H and O–H groups in total. The number of ether oxygens (including phenoxy) is 2. The van der Waals surface area contributed by atoms with Crippen LogP contribution in [0.5, 0.6) is 6.01 Å². The van der Waals surface area contributed by atoms with Gasteiger partial charge in [-0.25, -0.2) is 0 Å². The quantitative estimate of drug-likeness (QED) is 0.825. The van der Waals surface area contributed by atoms with Gasteiger partial charge in [-0.15, -0.1) is 0 Å². The van der Waals surface area contributed by atoms with E-state index in [2.05, 4.69) is 20.3 Å². The number of aryl methyl sites for hydroxylation is 1. The van der Waals surface area contributed by atoms with Crippen LogP contribution in [0.3, 0.4) is 0 Å². The molecule has 0 spiro atoms. The normalized spacial score (nSPS) is 15.2. The van der Waals surface area contributed by atoms with E-state index in [0.717, 1.165) is 5.76 Å². The van der Waals surface area contributed by atoms with Gasteiger partial charge in [0.25, 0.3) is 0 Å². The highest BCUT2D eigenvalue weighted by Crippen LogP contribution is 2.20. The minimum absolute atomic E-state index is 0.104. The Morgan fingerprint density at radius 1 is 1.19 bits per heavy atom. The summed E-state index contributed by atoms with van der Waals surface area (Å²) in [5.74, 6) is 1.74. The van der Waals surface area contributed by atoms with E-state index in [1.807, 2.05) is 6.92 Å². The predicted octanol–water partition coefficient (Wildman–Crippen LogP) is 2.16. The SMILES string of the molecule is Cc1ccc(CNc2nc(OCC(F)(F)F)nc(N3CCOCC3)n2)o1. The second kappa shape index (κ2) is 7.77. The zero-order chi connectivity index (χ0) is 18.6. The van der Waals surface area contributed by atoms with Crippen LogP contribution in [0.15, 0.2) is 16.5 Å². The molecule has 1 aliphatic heterocycles. The lowest BCUT2D eigenvalue weighted by Gasteiger charge is -2.27. The first-order valence-electron chi connectivity index (χ1n) is 7.96. The van der Waals surface area contributed by atoms with Crippen molar-refractivity contribution in [3.8, 4) is 6.01 Å². The monoisotopic (exact) mass is 373 g/mol. The van der Waals surface area contributed by atoms with Crippen molar-refractivity contribution in [1.29, 1.82) is 0 Å². The van der Waals surface area contributed by atoms with E-state index in [9.17, 15) is 13.2 Å². The zero-order valence-corrected chi connectivity index (χ0v) is 14.0. The van der Waals surface area contributed by atoms with Crippen molar-refractivity contribution in [1.82, 2.24) is 15.0 Å². The molecule has 0 saturated carbocycles. The highest BCUT2D eigenvalue weighted by atomic mass is 19.4. The fourth-order valence-electron chi connectivity index (χ4n) is 2.29. The Morgan fingerprint density at radius 3 is 2.62 bits per heavy atom. The van der Waals surface area contributed by atoms with E-state index >= 15 is 0 Å². The lowest BCUT2D eigenvalue weighted by molar-refractivity contribution is -0.154. The van der Waals surface area contributed by atoms with Gasteiger partial charge in [0.2, 0.25) is 11.9 Å². The summed E-state index contributed by atoms with van der Waals surface area (Å²) in [5.41, 5.74) is 0. The minimum atomic E-state index is -4.48. The number of nitrogens with one attached hydrogen (secondary N) is 1. The van der Waals surface area contributed by atoms with Gasteiger partial charge in [-0.05, 0) is 19.1 Å². The van der Waals surface area contributed by atoms with E-state index in [4.69, 9.17) is 13.9 Å². The number of alkyl halides is 3. The van der Waals surface area contributed by atoms with E-state index < -0.39 is 18.8 Å². The Morgan fingerprint density at radius 2 is 1.96 bits per heavy atom. The first-order chi connectivity index (χ1) is 12.4. The van der Waals surface area contributed by atoms with E-state index in [0.29, 0.717) is 32.1 Å². The lowest BCUT2D eigenvalue weighted by Crippen LogP contribution is -2.37. The molecule has 0 aliphatic carbocycles. The molecule has 142 valence electrons. The van der Waals surface area contributed by atoms with Crippen LogP contribution in [0, 0.1) is 6.92 Å². The summed E-state index contributed by atoms with van der Waals surface area (Å²) in [7, 11) is 0. The summed E-state index contributed by atoms with van der Waals surface area (Å²) in [5, 5.41) is 2.92. The molecule has 0 amide bonds. The number of aromatic nitrogens is 3. The molecule has 1 fully saturated rings. The molecule has 2 aromatic rings. The first-order valence-corrected chi connectivity index (χ1v) is 7.96. The van der Waals surface area contributed by atoms with Gasteiger partial charge in [0.05, 0.1) is 19.8 Å². The maximum Gasteiger partial charge on any atom is 0.422 e. The molecule has 0 bridgehead atoms. The number of hydrogen-bond acceptors (Lipinski definition) is 8. The molecule has 1 aliphatic rings. The lowest BCUT2D eigenvalue weighted by atomic mass is 10.4. The molecule has 0 aromatic carbocycles. The third kappa shape index (κ3) is 5.22. The molecule has 0 atom stereocenters. The van der Waals surface area contributed by atoms with Crippen molar-refractivity contribution in [2.24, 2.45) is 0 Å². The van der Waals surface area contributed by atoms with Crippen molar-refractivity contribution < 1.29 is 27.1 Å². The van der Waals surface area contributed by atoms with Crippen LogP contribution in [0.1, 0.15) is 11.5 Å². The third-order valence-corrected chi connectivity index (χ3v) is 3.48. The van der Waals surface area contributed by atoms with E-state index in [1.54, 1.807) is 17.0 Å². The van der Waals surface area contributed by atoms with Crippen LogP contribution in [0.2, 0.25) is 0 Å². The average molecular weight is 373 g/mol. The molecule has 3 rings (SSSR count). The topological polar surface area (TPSA) is 85.5 Å². The Hall–Kier alpha value is -2.56. The standard InChI is InChI=1S/C15H18F3N5O3/c1-10-2-3-11(26-10)8-19-12-20-13(23-4-6-24-7-5-23)22-14(21-12)25-9-15(16,17)18/h2-3H,4-9H2,1H3,(H,19,20,21,22). The van der Waals surface area contributed by atoms with Gasteiger partial charge in [0.15, 0.2) is 6.61 Å². The number of morpholine rings is 1. The Balaban J connectivity index is 1.76. The van der Waals surface area contributed by atoms with Crippen LogP contribution < -0.4 is 15.0 Å². The molecule has 26 heavy (non-hydrogen) atoms. The number of nitrogens with zero attached hydrogens (tertiary/aromatic N) is 4. The minimum Gasteiger partial charge on any atom is -0.465 e. The number of halogens is 3. The molecule has 1 saturated heterocycles. The van der Waals surface area contributed by atoms with E-state index in [-0.39, 0.29) is 18.4 Å². The molecule has 2 aromatic heterocycles. The fraction of sp³-hybridized carbons (Fsp3) is 0.533. The molecule has 0 unspecified atom stereocenters. The van der Waals surface area contributed by atoms with Crippen LogP contribution >= 0.6 is 0 Å². The molecular formula is C15H18F3N5O3. The molecule has 11 heteroatoms. The van der Waals surface area contributed by atoms with Crippen molar-refractivity contribution in [3.05, 3.63) is 23.7 Å². The first kappa shape index (κ1) is 18.2. The van der Waals surface area contributed by atoms with Gasteiger partial charge in [-0.1, -0.05) is 0 Å². The highest BCUT2D eigenvalue weighted by Gasteiger charge is 2.29. The number of furan rings is 1. The average Bonchev–Trinajstić information content (AvgIpc) is 3.04. The van der Waals surface area contributed by atoms with Crippen LogP contribution in [-0.4, -0.2) is 54.0 Å². The van der Waals surface area contributed by atoms with Gasteiger partial charge in [0, 0.05) is 13.1 Å². The van der Waals surface area contributed by atoms with Gasteiger partial charge < -0.3 is 24.1 Å². The Kier molecular flexibility index (Phi) is 5.45. The van der Waals surface area contributed by atoms with Gasteiger partial charge in [-0.2, -0.15) is 28.1 Å². The zero-order valence-electron chi connectivity index (χ0n) is 14.0. The largest absolute Gasteiger partial charge is 0.465 e. The number of anilines is 2. The molecular weight excluding hydrogens is 355 g/mol. The highest BCUT2D eigenvalue weighted by molar-refractivity contribution is 5.39. The van der Waals surface area contributed by atoms with Crippen LogP contribution in [0.4, 0.5) is 25.1 Å². The molecule has 3 heterocycles. The van der Waals surface area contributed by atoms with Crippen molar-refractivity contribution in [2.75, 3.05) is 43.1 Å². The van der Waals surface area contributed by atoms with Crippen molar-refractivity contribution in [2.45, 2.75) is 19.6 Å². The summed E-state index contributed by atoms with van der Waals surface area (Å²) >= 11 is 0. The Labute approximate surface area is 147 Å². The smallest absolute Gasteiger partial charge is 0.422 e. The third-order valence-electron chi connectivity index (χ3n) is 3.48. The Bertz CT molecular complexity index is 732. The van der Waals surface area contributed by atoms with Gasteiger partial charge in [0.1, 0.15) is 11.5 Å². The molecule has 8 nitrogen and oxygen atoms in total. The van der Waals surface area contributed by atoms with Crippen molar-refractivity contribution in [3.63, 3.8) is 0 Å². The summed E-state index contributed by atoms with van der Waals surface area (Å²) < 4.78 is 52.6. The van der Waals surface area contributed by atoms with Gasteiger partial charge >= 0.3 is 12.2 Å².